The predicted molar refractivity (Wildman–Crippen MR) is 96.2 cm³/mol. The highest BCUT2D eigenvalue weighted by Gasteiger charge is 2.15. The van der Waals surface area contributed by atoms with Crippen molar-refractivity contribution in [2.75, 3.05) is 19.8 Å². The van der Waals surface area contributed by atoms with Crippen molar-refractivity contribution in [3.05, 3.63) is 65.2 Å². The molecule has 4 nitrogen and oxygen atoms in total. The third kappa shape index (κ3) is 4.86. The molecule has 0 unspecified atom stereocenters. The molecule has 2 aromatic carbocycles. The van der Waals surface area contributed by atoms with Gasteiger partial charge in [0.25, 0.3) is 0 Å². The Morgan fingerprint density at radius 1 is 1.04 bits per heavy atom. The molecule has 126 valence electrons. The molecule has 2 aromatic rings. The van der Waals surface area contributed by atoms with Crippen LogP contribution >= 0.6 is 11.8 Å². The van der Waals surface area contributed by atoms with Crippen molar-refractivity contribution in [1.82, 2.24) is 4.90 Å². The molecule has 0 saturated carbocycles. The number of rotatable bonds is 6. The number of hydrogen-bond acceptors (Lipinski definition) is 4. The lowest BCUT2D eigenvalue weighted by Gasteiger charge is -2.12. The molecule has 0 radical (unpaired) electrons. The van der Waals surface area contributed by atoms with Crippen molar-refractivity contribution in [2.45, 2.75) is 18.4 Å². The zero-order chi connectivity index (χ0) is 17.5. The normalized spacial score (nSPS) is 10.3. The number of amides is 1. The first-order valence-electron chi connectivity index (χ1n) is 7.62. The highest BCUT2D eigenvalue weighted by Crippen LogP contribution is 2.24. The minimum atomic E-state index is -0.376. The Labute approximate surface area is 146 Å². The smallest absolute Gasteiger partial charge is 0.339 e. The van der Waals surface area contributed by atoms with Crippen LogP contribution in [0.4, 0.5) is 0 Å². The lowest BCUT2D eigenvalue weighted by Crippen LogP contribution is -2.23. The summed E-state index contributed by atoms with van der Waals surface area (Å²) < 4.78 is 5.44. The summed E-state index contributed by atoms with van der Waals surface area (Å²) in [6.45, 7) is 2.22. The second kappa shape index (κ2) is 8.55. The summed E-state index contributed by atoms with van der Waals surface area (Å²) in [5.74, 6) is -0.0866. The number of ether oxygens (including phenoxy) is 1. The standard InChI is InChI=1S/C19H21NO3S/c1-14-8-4-5-9-15(14)12-23-19(22)16-10-6-7-11-17(16)24-13-18(21)20(2)3/h4-11H,12-13H2,1-3H3. The van der Waals surface area contributed by atoms with Crippen LogP contribution in [0.15, 0.2) is 53.4 Å². The molecule has 0 aliphatic heterocycles. The van der Waals surface area contributed by atoms with Crippen molar-refractivity contribution in [3.63, 3.8) is 0 Å². The summed E-state index contributed by atoms with van der Waals surface area (Å²) in [7, 11) is 3.43. The predicted octanol–water partition coefficient (Wildman–Crippen LogP) is 3.53. The summed E-state index contributed by atoms with van der Waals surface area (Å²) >= 11 is 1.34. The Hall–Kier alpha value is -2.27. The second-order valence-corrected chi connectivity index (χ2v) is 6.59. The van der Waals surface area contributed by atoms with Gasteiger partial charge in [-0.15, -0.1) is 11.8 Å². The van der Waals surface area contributed by atoms with Crippen LogP contribution in [0.5, 0.6) is 0 Å². The quantitative estimate of drug-likeness (QED) is 0.595. The average Bonchev–Trinajstić information content (AvgIpc) is 2.58. The molecule has 0 heterocycles. The van der Waals surface area contributed by atoms with Gasteiger partial charge in [0.15, 0.2) is 0 Å². The first-order chi connectivity index (χ1) is 11.5. The summed E-state index contributed by atoms with van der Waals surface area (Å²) in [6, 6.07) is 15.0. The third-order valence-corrected chi connectivity index (χ3v) is 4.64. The minimum absolute atomic E-state index is 0.00285. The summed E-state index contributed by atoms with van der Waals surface area (Å²) in [4.78, 5) is 26.4. The van der Waals surface area contributed by atoms with E-state index in [1.165, 1.54) is 16.7 Å². The van der Waals surface area contributed by atoms with E-state index >= 15 is 0 Å². The van der Waals surface area contributed by atoms with E-state index in [0.717, 1.165) is 16.0 Å². The lowest BCUT2D eigenvalue weighted by atomic mass is 10.1. The van der Waals surface area contributed by atoms with E-state index in [0.29, 0.717) is 5.56 Å². The van der Waals surface area contributed by atoms with Crippen LogP contribution in [0, 0.1) is 6.92 Å². The molecule has 24 heavy (non-hydrogen) atoms. The van der Waals surface area contributed by atoms with Crippen molar-refractivity contribution in [3.8, 4) is 0 Å². The first kappa shape index (κ1) is 18.1. The maximum absolute atomic E-state index is 12.4. The number of aryl methyl sites for hydroxylation is 1. The topological polar surface area (TPSA) is 46.6 Å². The van der Waals surface area contributed by atoms with Gasteiger partial charge in [-0.2, -0.15) is 0 Å². The number of benzene rings is 2. The SMILES string of the molecule is Cc1ccccc1COC(=O)c1ccccc1SCC(=O)N(C)C. The Bertz CT molecular complexity index is 728. The maximum Gasteiger partial charge on any atom is 0.339 e. The maximum atomic E-state index is 12.4. The van der Waals surface area contributed by atoms with Gasteiger partial charge in [0.1, 0.15) is 6.61 Å². The fourth-order valence-electron chi connectivity index (χ4n) is 2.02. The third-order valence-electron chi connectivity index (χ3n) is 3.58. The summed E-state index contributed by atoms with van der Waals surface area (Å²) in [6.07, 6.45) is 0. The molecule has 2 rings (SSSR count). The monoisotopic (exact) mass is 343 g/mol. The van der Waals surface area contributed by atoms with Crippen LogP contribution in [0.2, 0.25) is 0 Å². The van der Waals surface area contributed by atoms with Crippen molar-refractivity contribution in [1.29, 1.82) is 0 Å². The molecule has 0 atom stereocenters. The van der Waals surface area contributed by atoms with Gasteiger partial charge in [-0.3, -0.25) is 4.79 Å². The molecule has 0 saturated heterocycles. The van der Waals surface area contributed by atoms with Gasteiger partial charge >= 0.3 is 5.97 Å². The van der Waals surface area contributed by atoms with Crippen molar-refractivity contribution in [2.24, 2.45) is 0 Å². The average molecular weight is 343 g/mol. The van der Waals surface area contributed by atoms with E-state index < -0.39 is 0 Å². The van der Waals surface area contributed by atoms with Gasteiger partial charge < -0.3 is 9.64 Å². The molecule has 0 spiro atoms. The van der Waals surface area contributed by atoms with E-state index in [1.807, 2.05) is 43.3 Å². The Morgan fingerprint density at radius 2 is 1.71 bits per heavy atom. The zero-order valence-electron chi connectivity index (χ0n) is 14.1. The lowest BCUT2D eigenvalue weighted by molar-refractivity contribution is -0.125. The Kier molecular flexibility index (Phi) is 6.44. The minimum Gasteiger partial charge on any atom is -0.457 e. The molecule has 0 bridgehead atoms. The van der Waals surface area contributed by atoms with E-state index in [1.54, 1.807) is 26.2 Å². The molecule has 0 aromatic heterocycles. The van der Waals surface area contributed by atoms with Crippen LogP contribution in [0.3, 0.4) is 0 Å². The van der Waals surface area contributed by atoms with Crippen LogP contribution in [0.25, 0.3) is 0 Å². The van der Waals surface area contributed by atoms with Crippen LogP contribution in [-0.2, 0) is 16.1 Å². The summed E-state index contributed by atoms with van der Waals surface area (Å²) in [5, 5.41) is 0. The van der Waals surface area contributed by atoms with E-state index in [-0.39, 0.29) is 24.2 Å². The van der Waals surface area contributed by atoms with Crippen molar-refractivity contribution >= 4 is 23.6 Å². The van der Waals surface area contributed by atoms with Gasteiger partial charge in [-0.1, -0.05) is 36.4 Å². The van der Waals surface area contributed by atoms with Crippen molar-refractivity contribution < 1.29 is 14.3 Å². The van der Waals surface area contributed by atoms with E-state index in [4.69, 9.17) is 4.74 Å². The highest BCUT2D eigenvalue weighted by molar-refractivity contribution is 8.00. The fourth-order valence-corrected chi connectivity index (χ4v) is 3.04. The Morgan fingerprint density at radius 3 is 2.42 bits per heavy atom. The van der Waals surface area contributed by atoms with E-state index in [2.05, 4.69) is 0 Å². The van der Waals surface area contributed by atoms with Gasteiger partial charge in [0, 0.05) is 19.0 Å². The van der Waals surface area contributed by atoms with Crippen LogP contribution in [-0.4, -0.2) is 36.6 Å². The zero-order valence-corrected chi connectivity index (χ0v) is 14.9. The second-order valence-electron chi connectivity index (χ2n) is 5.58. The number of esters is 1. The number of hydrogen-bond donors (Lipinski definition) is 0. The molecular weight excluding hydrogens is 322 g/mol. The number of carbonyl (C=O) groups is 2. The molecule has 0 aliphatic carbocycles. The van der Waals surface area contributed by atoms with Gasteiger partial charge in [0.05, 0.1) is 11.3 Å². The molecular formula is C19H21NO3S. The van der Waals surface area contributed by atoms with E-state index in [9.17, 15) is 9.59 Å². The molecule has 1 amide bonds. The van der Waals surface area contributed by atoms with Crippen LogP contribution < -0.4 is 0 Å². The largest absolute Gasteiger partial charge is 0.457 e. The number of nitrogens with zero attached hydrogens (tertiary/aromatic N) is 1. The number of carbonyl (C=O) groups excluding carboxylic acids is 2. The fraction of sp³-hybridized carbons (Fsp3) is 0.263. The Balaban J connectivity index is 2.04. The molecule has 0 fully saturated rings. The summed E-state index contributed by atoms with van der Waals surface area (Å²) in [5.41, 5.74) is 2.56. The first-order valence-corrected chi connectivity index (χ1v) is 8.61. The molecule has 0 N–H and O–H groups in total. The highest BCUT2D eigenvalue weighted by atomic mass is 32.2. The molecule has 5 heteroatoms. The van der Waals surface area contributed by atoms with Crippen LogP contribution in [0.1, 0.15) is 21.5 Å². The van der Waals surface area contributed by atoms with Gasteiger partial charge in [-0.25, -0.2) is 4.79 Å². The number of thioether (sulfide) groups is 1. The molecule has 0 aliphatic rings. The van der Waals surface area contributed by atoms with Gasteiger partial charge in [-0.05, 0) is 30.2 Å². The van der Waals surface area contributed by atoms with Gasteiger partial charge in [0.2, 0.25) is 5.91 Å².